The summed E-state index contributed by atoms with van der Waals surface area (Å²) in [5.41, 5.74) is 1.98. The van der Waals surface area contributed by atoms with Crippen LogP contribution in [0.4, 0.5) is 5.69 Å². The summed E-state index contributed by atoms with van der Waals surface area (Å²) in [5.74, 6) is 0.295. The Morgan fingerprint density at radius 1 is 1.21 bits per heavy atom. The van der Waals surface area contributed by atoms with Gasteiger partial charge in [0, 0.05) is 5.69 Å². The lowest BCUT2D eigenvalue weighted by Crippen LogP contribution is -2.13. The molecule has 0 aliphatic rings. The fourth-order valence-corrected chi connectivity index (χ4v) is 3.48. The zero-order valence-corrected chi connectivity index (χ0v) is 14.7. The smallest absolute Gasteiger partial charge is 0.275 e. The van der Waals surface area contributed by atoms with Crippen LogP contribution in [-0.2, 0) is 0 Å². The number of nitrogens with one attached hydrogen (secondary N) is 1. The minimum Gasteiger partial charge on any atom is -0.495 e. The maximum absolute atomic E-state index is 12.6. The summed E-state index contributed by atoms with van der Waals surface area (Å²) in [5, 5.41) is 4.12. The molecular formula is C18H15ClN2O2S. The summed E-state index contributed by atoms with van der Waals surface area (Å²) in [7, 11) is 1.55. The molecule has 1 N–H and O–H groups in total. The number of aryl methyl sites for hydroxylation is 1. The Labute approximate surface area is 149 Å². The number of carbonyl (C=O) groups is 1. The summed E-state index contributed by atoms with van der Waals surface area (Å²) in [6.07, 6.45) is 0. The second-order valence-corrected chi connectivity index (χ2v) is 6.69. The first kappa shape index (κ1) is 16.5. The van der Waals surface area contributed by atoms with Gasteiger partial charge in [0.1, 0.15) is 11.4 Å². The zero-order valence-electron chi connectivity index (χ0n) is 13.2. The van der Waals surface area contributed by atoms with Crippen LogP contribution in [-0.4, -0.2) is 18.0 Å². The number of rotatable bonds is 4. The lowest BCUT2D eigenvalue weighted by Gasteiger charge is -2.08. The highest BCUT2D eigenvalue weighted by atomic mass is 35.5. The molecule has 0 spiro atoms. The quantitative estimate of drug-likeness (QED) is 0.711. The van der Waals surface area contributed by atoms with Gasteiger partial charge in [-0.25, -0.2) is 4.98 Å². The Hall–Kier alpha value is -2.37. The van der Waals surface area contributed by atoms with E-state index >= 15 is 0 Å². The van der Waals surface area contributed by atoms with Crippen LogP contribution in [0.3, 0.4) is 0 Å². The third-order valence-corrected chi connectivity index (χ3v) is 4.71. The van der Waals surface area contributed by atoms with Gasteiger partial charge in [-0.05, 0) is 30.7 Å². The number of thiazole rings is 1. The molecule has 24 heavy (non-hydrogen) atoms. The van der Waals surface area contributed by atoms with E-state index in [9.17, 15) is 4.79 Å². The van der Waals surface area contributed by atoms with Crippen molar-refractivity contribution in [1.29, 1.82) is 0 Å². The first-order chi connectivity index (χ1) is 11.6. The van der Waals surface area contributed by atoms with Crippen LogP contribution >= 0.6 is 22.9 Å². The molecule has 1 aromatic heterocycles. The Kier molecular flexibility index (Phi) is 4.83. The predicted octanol–water partition coefficient (Wildman–Crippen LogP) is 5.03. The minimum absolute atomic E-state index is 0.264. The second-order valence-electron chi connectivity index (χ2n) is 5.08. The number of ether oxygens (including phenoxy) is 1. The van der Waals surface area contributed by atoms with E-state index in [1.54, 1.807) is 25.3 Å². The van der Waals surface area contributed by atoms with E-state index in [1.807, 2.05) is 37.3 Å². The van der Waals surface area contributed by atoms with Crippen LogP contribution in [0.1, 0.15) is 15.5 Å². The average Bonchev–Trinajstić information content (AvgIpc) is 2.98. The van der Waals surface area contributed by atoms with Crippen molar-refractivity contribution in [3.8, 4) is 16.2 Å². The monoisotopic (exact) mass is 358 g/mol. The Balaban J connectivity index is 1.90. The topological polar surface area (TPSA) is 51.2 Å². The van der Waals surface area contributed by atoms with Crippen molar-refractivity contribution in [3.63, 3.8) is 0 Å². The summed E-state index contributed by atoms with van der Waals surface area (Å²) in [4.78, 5) is 17.9. The van der Waals surface area contributed by atoms with Gasteiger partial charge in [0.25, 0.3) is 5.91 Å². The van der Waals surface area contributed by atoms with Gasteiger partial charge in [0.05, 0.1) is 22.0 Å². The van der Waals surface area contributed by atoms with Gasteiger partial charge in [0.15, 0.2) is 0 Å². The molecule has 4 nitrogen and oxygen atoms in total. The van der Waals surface area contributed by atoms with Gasteiger partial charge in [-0.15, -0.1) is 11.3 Å². The normalized spacial score (nSPS) is 10.5. The van der Waals surface area contributed by atoms with E-state index in [2.05, 4.69) is 10.3 Å². The molecule has 0 fully saturated rings. The van der Waals surface area contributed by atoms with Crippen molar-refractivity contribution in [2.75, 3.05) is 12.4 Å². The largest absolute Gasteiger partial charge is 0.495 e. The van der Waals surface area contributed by atoms with Gasteiger partial charge in [-0.1, -0.05) is 41.9 Å². The first-order valence-corrected chi connectivity index (χ1v) is 8.45. The number of carbonyl (C=O) groups excluding carboxylic acids is 1. The van der Waals surface area contributed by atoms with E-state index < -0.39 is 0 Å². The molecule has 2 aromatic carbocycles. The molecule has 122 valence electrons. The number of hydrogen-bond donors (Lipinski definition) is 1. The van der Waals surface area contributed by atoms with Crippen LogP contribution in [0.2, 0.25) is 5.02 Å². The molecule has 0 aliphatic carbocycles. The molecule has 6 heteroatoms. The van der Waals surface area contributed by atoms with E-state index in [0.717, 1.165) is 15.4 Å². The van der Waals surface area contributed by atoms with E-state index in [0.29, 0.717) is 22.2 Å². The lowest BCUT2D eigenvalue weighted by molar-refractivity contribution is 0.102. The number of methoxy groups -OCH3 is 1. The SMILES string of the molecule is COc1ccc(NC(=O)c2nc(C)sc2-c2ccccc2)cc1Cl. The van der Waals surface area contributed by atoms with Gasteiger partial charge in [-0.3, -0.25) is 4.79 Å². The molecule has 0 saturated carbocycles. The number of anilines is 1. The maximum Gasteiger partial charge on any atom is 0.275 e. The molecule has 0 saturated heterocycles. The Bertz CT molecular complexity index is 878. The Morgan fingerprint density at radius 2 is 1.96 bits per heavy atom. The van der Waals surface area contributed by atoms with Crippen molar-refractivity contribution in [2.45, 2.75) is 6.92 Å². The molecule has 1 amide bonds. The fourth-order valence-electron chi connectivity index (χ4n) is 2.30. The van der Waals surface area contributed by atoms with E-state index in [4.69, 9.17) is 16.3 Å². The number of aromatic nitrogens is 1. The number of amides is 1. The first-order valence-electron chi connectivity index (χ1n) is 7.26. The number of halogens is 1. The highest BCUT2D eigenvalue weighted by molar-refractivity contribution is 7.15. The molecule has 0 unspecified atom stereocenters. The molecule has 0 aliphatic heterocycles. The third kappa shape index (κ3) is 3.42. The van der Waals surface area contributed by atoms with Crippen LogP contribution in [0, 0.1) is 6.92 Å². The van der Waals surface area contributed by atoms with Crippen LogP contribution in [0.15, 0.2) is 48.5 Å². The van der Waals surface area contributed by atoms with Crippen molar-refractivity contribution in [2.24, 2.45) is 0 Å². The summed E-state index contributed by atoms with van der Waals surface area (Å²) in [6.45, 7) is 1.89. The van der Waals surface area contributed by atoms with Gasteiger partial charge in [0.2, 0.25) is 0 Å². The minimum atomic E-state index is -0.264. The second kappa shape index (κ2) is 7.03. The highest BCUT2D eigenvalue weighted by Crippen LogP contribution is 2.31. The maximum atomic E-state index is 12.6. The molecule has 3 rings (SSSR count). The van der Waals surface area contributed by atoms with Crippen molar-refractivity contribution >= 4 is 34.5 Å². The summed E-state index contributed by atoms with van der Waals surface area (Å²) in [6, 6.07) is 14.9. The average molecular weight is 359 g/mol. The summed E-state index contributed by atoms with van der Waals surface area (Å²) >= 11 is 7.60. The van der Waals surface area contributed by atoms with Crippen molar-refractivity contribution in [3.05, 3.63) is 64.3 Å². The molecule has 0 radical (unpaired) electrons. The lowest BCUT2D eigenvalue weighted by atomic mass is 10.1. The standard InChI is InChI=1S/C18H15ClN2O2S/c1-11-20-16(17(24-11)12-6-4-3-5-7-12)18(22)21-13-8-9-15(23-2)14(19)10-13/h3-10H,1-2H3,(H,21,22). The van der Waals surface area contributed by atoms with E-state index in [-0.39, 0.29) is 5.91 Å². The molecule has 0 atom stereocenters. The number of nitrogens with zero attached hydrogens (tertiary/aromatic N) is 1. The predicted molar refractivity (Wildman–Crippen MR) is 98.2 cm³/mol. The van der Waals surface area contributed by atoms with Crippen LogP contribution in [0.25, 0.3) is 10.4 Å². The zero-order chi connectivity index (χ0) is 17.1. The van der Waals surface area contributed by atoms with Gasteiger partial charge < -0.3 is 10.1 Å². The Morgan fingerprint density at radius 3 is 2.62 bits per heavy atom. The fraction of sp³-hybridized carbons (Fsp3) is 0.111. The molecule has 3 aromatic rings. The van der Waals surface area contributed by atoms with Crippen molar-refractivity contribution in [1.82, 2.24) is 4.98 Å². The summed E-state index contributed by atoms with van der Waals surface area (Å²) < 4.78 is 5.11. The molecular weight excluding hydrogens is 344 g/mol. The van der Waals surface area contributed by atoms with Crippen LogP contribution in [0.5, 0.6) is 5.75 Å². The number of benzene rings is 2. The highest BCUT2D eigenvalue weighted by Gasteiger charge is 2.18. The van der Waals surface area contributed by atoms with Gasteiger partial charge >= 0.3 is 0 Å². The number of hydrogen-bond acceptors (Lipinski definition) is 4. The van der Waals surface area contributed by atoms with Gasteiger partial charge in [-0.2, -0.15) is 0 Å². The van der Waals surface area contributed by atoms with Crippen LogP contribution < -0.4 is 10.1 Å². The molecule has 1 heterocycles. The third-order valence-electron chi connectivity index (χ3n) is 3.39. The molecule has 0 bridgehead atoms. The van der Waals surface area contributed by atoms with Crippen molar-refractivity contribution < 1.29 is 9.53 Å². The van der Waals surface area contributed by atoms with E-state index in [1.165, 1.54) is 11.3 Å².